The SMILES string of the molecule is CC(C)CC(O)CCCCC(C)O.CCC.C[NH+]1CCC(CCCC2CC[NH+](C)CC2)CC1. The van der Waals surface area contributed by atoms with E-state index in [2.05, 4.69) is 41.8 Å². The van der Waals surface area contributed by atoms with Crippen LogP contribution in [0.1, 0.15) is 118 Å². The van der Waals surface area contributed by atoms with E-state index in [1.54, 1.807) is 9.80 Å². The van der Waals surface area contributed by atoms with E-state index in [-0.39, 0.29) is 12.2 Å². The van der Waals surface area contributed by atoms with Crippen LogP contribution >= 0.6 is 0 Å². The molecule has 0 bridgehead atoms. The van der Waals surface area contributed by atoms with E-state index in [9.17, 15) is 5.11 Å². The second-order valence-electron chi connectivity index (χ2n) is 11.9. The Kier molecular flexibility index (Phi) is 21.0. The quantitative estimate of drug-likeness (QED) is 0.346. The highest BCUT2D eigenvalue weighted by atomic mass is 16.3. The number of hydrogen-bond acceptors (Lipinski definition) is 2. The first-order valence-corrected chi connectivity index (χ1v) is 14.7. The second-order valence-corrected chi connectivity index (χ2v) is 11.9. The summed E-state index contributed by atoms with van der Waals surface area (Å²) in [5.41, 5.74) is 0. The average molecular weight is 473 g/mol. The Balaban J connectivity index is 0.000000573. The minimum absolute atomic E-state index is 0.144. The maximum atomic E-state index is 9.52. The van der Waals surface area contributed by atoms with Gasteiger partial charge in [-0.05, 0) is 69.6 Å². The molecule has 0 aromatic heterocycles. The summed E-state index contributed by atoms with van der Waals surface area (Å²) in [6.45, 7) is 16.0. The molecule has 4 heteroatoms. The van der Waals surface area contributed by atoms with Gasteiger partial charge in [0, 0.05) is 0 Å². The fourth-order valence-electron chi connectivity index (χ4n) is 5.10. The van der Waals surface area contributed by atoms with Gasteiger partial charge in [0.15, 0.2) is 0 Å². The smallest absolute Gasteiger partial charge is 0.0771 e. The van der Waals surface area contributed by atoms with Crippen molar-refractivity contribution >= 4 is 0 Å². The first-order chi connectivity index (χ1) is 15.7. The van der Waals surface area contributed by atoms with Crippen LogP contribution in [0, 0.1) is 17.8 Å². The van der Waals surface area contributed by atoms with Crippen molar-refractivity contribution in [2.45, 2.75) is 130 Å². The molecule has 0 aromatic carbocycles. The van der Waals surface area contributed by atoms with Crippen LogP contribution in [0.3, 0.4) is 0 Å². The van der Waals surface area contributed by atoms with Crippen LogP contribution in [0.15, 0.2) is 0 Å². The monoisotopic (exact) mass is 472 g/mol. The van der Waals surface area contributed by atoms with E-state index in [1.807, 2.05) is 6.92 Å². The molecule has 0 aromatic rings. The maximum absolute atomic E-state index is 9.52. The zero-order valence-electron chi connectivity index (χ0n) is 23.8. The molecular weight excluding hydrogens is 408 g/mol. The van der Waals surface area contributed by atoms with Gasteiger partial charge < -0.3 is 20.0 Å². The Morgan fingerprint density at radius 3 is 1.45 bits per heavy atom. The number of piperidine rings is 2. The first kappa shape index (κ1) is 32.8. The topological polar surface area (TPSA) is 49.3 Å². The average Bonchev–Trinajstić information content (AvgIpc) is 2.74. The van der Waals surface area contributed by atoms with Gasteiger partial charge in [-0.3, -0.25) is 0 Å². The molecule has 2 aliphatic rings. The van der Waals surface area contributed by atoms with Crippen LogP contribution in [0.2, 0.25) is 0 Å². The first-order valence-electron chi connectivity index (χ1n) is 14.7. The van der Waals surface area contributed by atoms with E-state index in [1.165, 1.54) is 77.5 Å². The predicted molar refractivity (Wildman–Crippen MR) is 144 cm³/mol. The van der Waals surface area contributed by atoms with Gasteiger partial charge in [0.2, 0.25) is 0 Å². The van der Waals surface area contributed by atoms with Gasteiger partial charge in [0.05, 0.1) is 52.5 Å². The summed E-state index contributed by atoms with van der Waals surface area (Å²) in [7, 11) is 4.69. The van der Waals surface area contributed by atoms with Gasteiger partial charge in [-0.1, -0.05) is 66.2 Å². The summed E-state index contributed by atoms with van der Waals surface area (Å²) in [6, 6.07) is 0. The molecule has 0 spiro atoms. The molecule has 0 radical (unpaired) electrons. The zero-order valence-corrected chi connectivity index (χ0v) is 23.8. The molecule has 0 amide bonds. The highest BCUT2D eigenvalue weighted by Gasteiger charge is 2.21. The van der Waals surface area contributed by atoms with E-state index in [0.717, 1.165) is 43.9 Å². The summed E-state index contributed by atoms with van der Waals surface area (Å²) < 4.78 is 0. The summed E-state index contributed by atoms with van der Waals surface area (Å²) >= 11 is 0. The molecule has 2 atom stereocenters. The largest absolute Gasteiger partial charge is 0.393 e. The lowest BCUT2D eigenvalue weighted by molar-refractivity contribution is -0.886. The minimum Gasteiger partial charge on any atom is -0.393 e. The van der Waals surface area contributed by atoms with Crippen molar-refractivity contribution in [2.24, 2.45) is 17.8 Å². The molecule has 2 fully saturated rings. The molecule has 0 saturated carbocycles. The second kappa shape index (κ2) is 21.1. The van der Waals surface area contributed by atoms with Crippen molar-refractivity contribution in [3.05, 3.63) is 0 Å². The number of aliphatic hydroxyl groups is 2. The molecule has 2 rings (SSSR count). The number of likely N-dealkylation sites (tertiary alicyclic amines) is 2. The summed E-state index contributed by atoms with van der Waals surface area (Å²) in [6.07, 6.45) is 16.1. The number of hydrogen-bond donors (Lipinski definition) is 4. The Labute approximate surface area is 208 Å². The van der Waals surface area contributed by atoms with Gasteiger partial charge in [0.1, 0.15) is 0 Å². The summed E-state index contributed by atoms with van der Waals surface area (Å²) in [4.78, 5) is 3.50. The van der Waals surface area contributed by atoms with Crippen LogP contribution in [0.25, 0.3) is 0 Å². The van der Waals surface area contributed by atoms with Gasteiger partial charge in [0.25, 0.3) is 0 Å². The van der Waals surface area contributed by atoms with Crippen LogP contribution in [0.4, 0.5) is 0 Å². The molecule has 4 N–H and O–H groups in total. The number of aliphatic hydroxyl groups excluding tert-OH is 2. The van der Waals surface area contributed by atoms with Crippen LogP contribution in [-0.4, -0.2) is 62.7 Å². The molecule has 2 unspecified atom stereocenters. The third kappa shape index (κ3) is 20.9. The number of unbranched alkanes of at least 4 members (excludes halogenated alkanes) is 1. The molecule has 4 nitrogen and oxygen atoms in total. The van der Waals surface area contributed by atoms with Crippen molar-refractivity contribution in [3.8, 4) is 0 Å². The fourth-order valence-corrected chi connectivity index (χ4v) is 5.10. The van der Waals surface area contributed by atoms with Crippen molar-refractivity contribution in [2.75, 3.05) is 40.3 Å². The van der Waals surface area contributed by atoms with Crippen molar-refractivity contribution in [3.63, 3.8) is 0 Å². The lowest BCUT2D eigenvalue weighted by Gasteiger charge is -2.28. The Morgan fingerprint density at radius 1 is 0.697 bits per heavy atom. The molecule has 0 aliphatic carbocycles. The molecule has 2 saturated heterocycles. The van der Waals surface area contributed by atoms with Gasteiger partial charge >= 0.3 is 0 Å². The third-order valence-electron chi connectivity index (χ3n) is 7.29. The fraction of sp³-hybridized carbons (Fsp3) is 1.00. The molecule has 2 aliphatic heterocycles. The molecule has 2 heterocycles. The van der Waals surface area contributed by atoms with Crippen LogP contribution in [-0.2, 0) is 0 Å². The van der Waals surface area contributed by atoms with E-state index in [4.69, 9.17) is 5.11 Å². The Bertz CT molecular complexity index is 378. The Hall–Kier alpha value is -0.160. The van der Waals surface area contributed by atoms with E-state index in [0.29, 0.717) is 5.92 Å². The van der Waals surface area contributed by atoms with Gasteiger partial charge in [-0.2, -0.15) is 0 Å². The standard InChI is InChI=1S/C15H30N2.C11H24O2.C3H8/c1-16-10-6-14(7-11-16)4-3-5-15-8-12-17(2)13-9-15;1-9(2)8-11(13)7-5-4-6-10(3)12;1-3-2/h14-15H,3-13H2,1-2H3;9-13H,4-8H2,1-3H3;3H2,1-2H3/p+2. The summed E-state index contributed by atoms with van der Waals surface area (Å²) in [5.74, 6) is 2.71. The number of nitrogens with one attached hydrogen (secondary N) is 2. The lowest BCUT2D eigenvalue weighted by Crippen LogP contribution is -3.10. The van der Waals surface area contributed by atoms with E-state index >= 15 is 0 Å². The minimum atomic E-state index is -0.192. The number of rotatable bonds is 11. The highest BCUT2D eigenvalue weighted by molar-refractivity contribution is 4.66. The number of quaternary nitrogens is 2. The molecule has 33 heavy (non-hydrogen) atoms. The van der Waals surface area contributed by atoms with Gasteiger partial charge in [-0.25, -0.2) is 0 Å². The van der Waals surface area contributed by atoms with Crippen LogP contribution in [0.5, 0.6) is 0 Å². The van der Waals surface area contributed by atoms with Crippen molar-refractivity contribution in [1.29, 1.82) is 0 Å². The molecular formula is C29H64N2O2+2. The summed E-state index contributed by atoms with van der Waals surface area (Å²) in [5, 5.41) is 18.5. The zero-order chi connectivity index (χ0) is 25.1. The van der Waals surface area contributed by atoms with Crippen molar-refractivity contribution < 1.29 is 20.0 Å². The normalized spacial score (nSPS) is 27.1. The third-order valence-corrected chi connectivity index (χ3v) is 7.29. The van der Waals surface area contributed by atoms with Crippen LogP contribution < -0.4 is 9.80 Å². The van der Waals surface area contributed by atoms with Crippen molar-refractivity contribution in [1.82, 2.24) is 0 Å². The van der Waals surface area contributed by atoms with E-state index < -0.39 is 0 Å². The maximum Gasteiger partial charge on any atom is 0.0771 e. The van der Waals surface area contributed by atoms with Gasteiger partial charge in [-0.15, -0.1) is 0 Å². The molecule has 200 valence electrons. The predicted octanol–water partition coefficient (Wildman–Crippen LogP) is 3.76. The lowest BCUT2D eigenvalue weighted by atomic mass is 9.87. The highest BCUT2D eigenvalue weighted by Crippen LogP contribution is 2.22. The Morgan fingerprint density at radius 2 is 1.09 bits per heavy atom.